The molecular formula is C13H18ClNO. The number of rotatable bonds is 4. The predicted octanol–water partition coefficient (Wildman–Crippen LogP) is 2.65. The van der Waals surface area contributed by atoms with Crippen molar-refractivity contribution in [1.29, 1.82) is 0 Å². The van der Waals surface area contributed by atoms with E-state index in [1.165, 1.54) is 5.56 Å². The monoisotopic (exact) mass is 239 g/mol. The molecule has 1 aliphatic heterocycles. The van der Waals surface area contributed by atoms with Crippen molar-refractivity contribution in [3.8, 4) is 0 Å². The molecule has 1 aromatic rings. The van der Waals surface area contributed by atoms with Gasteiger partial charge in [-0.3, -0.25) is 0 Å². The van der Waals surface area contributed by atoms with E-state index in [4.69, 9.17) is 16.3 Å². The summed E-state index contributed by atoms with van der Waals surface area (Å²) in [6.07, 6.45) is 2.17. The highest BCUT2D eigenvalue weighted by atomic mass is 35.5. The second-order valence-corrected chi connectivity index (χ2v) is 4.90. The van der Waals surface area contributed by atoms with E-state index >= 15 is 0 Å². The molecule has 3 heteroatoms. The maximum Gasteiger partial charge on any atom is 0.0620 e. The molecule has 2 unspecified atom stereocenters. The van der Waals surface area contributed by atoms with Crippen LogP contribution in [-0.2, 0) is 11.2 Å². The van der Waals surface area contributed by atoms with E-state index in [2.05, 4.69) is 24.4 Å². The molecular weight excluding hydrogens is 222 g/mol. The molecule has 16 heavy (non-hydrogen) atoms. The minimum Gasteiger partial charge on any atom is -0.380 e. The van der Waals surface area contributed by atoms with Crippen LogP contribution < -0.4 is 5.32 Å². The smallest absolute Gasteiger partial charge is 0.0620 e. The first-order valence-corrected chi connectivity index (χ1v) is 6.20. The minimum absolute atomic E-state index is 0.480. The van der Waals surface area contributed by atoms with Crippen LogP contribution in [-0.4, -0.2) is 25.3 Å². The van der Waals surface area contributed by atoms with Crippen LogP contribution in [0, 0.1) is 0 Å². The van der Waals surface area contributed by atoms with Gasteiger partial charge in [-0.2, -0.15) is 0 Å². The molecule has 2 nitrogen and oxygen atoms in total. The average Bonchev–Trinajstić information content (AvgIpc) is 2.74. The molecule has 0 radical (unpaired) electrons. The zero-order valence-electron chi connectivity index (χ0n) is 9.58. The molecule has 0 aromatic heterocycles. The first-order valence-electron chi connectivity index (χ1n) is 5.82. The minimum atomic E-state index is 0.480. The third-order valence-electron chi connectivity index (χ3n) is 2.91. The number of nitrogens with one attached hydrogen (secondary N) is 1. The second kappa shape index (κ2) is 5.67. The molecule has 1 aromatic carbocycles. The van der Waals surface area contributed by atoms with Gasteiger partial charge in [-0.05, 0) is 37.5 Å². The topological polar surface area (TPSA) is 21.3 Å². The number of hydrogen-bond donors (Lipinski definition) is 1. The van der Waals surface area contributed by atoms with Gasteiger partial charge in [0.05, 0.1) is 6.61 Å². The molecule has 88 valence electrons. The maximum atomic E-state index is 5.85. The van der Waals surface area contributed by atoms with Crippen LogP contribution in [0.4, 0.5) is 0 Å². The molecule has 0 bridgehead atoms. The number of ether oxygens (including phenoxy) is 1. The van der Waals surface area contributed by atoms with E-state index in [9.17, 15) is 0 Å². The van der Waals surface area contributed by atoms with Crippen LogP contribution in [0.5, 0.6) is 0 Å². The fourth-order valence-electron chi connectivity index (χ4n) is 2.10. The van der Waals surface area contributed by atoms with Crippen LogP contribution in [0.3, 0.4) is 0 Å². The van der Waals surface area contributed by atoms with Crippen LogP contribution >= 0.6 is 11.6 Å². The van der Waals surface area contributed by atoms with Gasteiger partial charge in [0.2, 0.25) is 0 Å². The van der Waals surface area contributed by atoms with Gasteiger partial charge in [-0.25, -0.2) is 0 Å². The van der Waals surface area contributed by atoms with E-state index in [-0.39, 0.29) is 0 Å². The molecule has 1 fully saturated rings. The van der Waals surface area contributed by atoms with Gasteiger partial charge in [-0.1, -0.05) is 23.7 Å². The average molecular weight is 240 g/mol. The molecule has 0 saturated carbocycles. The van der Waals surface area contributed by atoms with E-state index in [0.717, 1.165) is 31.1 Å². The Labute approximate surface area is 102 Å². The largest absolute Gasteiger partial charge is 0.380 e. The number of benzene rings is 1. The highest BCUT2D eigenvalue weighted by Crippen LogP contribution is 2.12. The maximum absolute atomic E-state index is 5.85. The van der Waals surface area contributed by atoms with Gasteiger partial charge < -0.3 is 10.1 Å². The van der Waals surface area contributed by atoms with Crippen molar-refractivity contribution >= 4 is 11.6 Å². The SMILES string of the molecule is CC(Cc1ccc(Cl)cc1)NC1CCOC1. The summed E-state index contributed by atoms with van der Waals surface area (Å²) in [7, 11) is 0. The summed E-state index contributed by atoms with van der Waals surface area (Å²) in [5, 5.41) is 4.38. The third-order valence-corrected chi connectivity index (χ3v) is 3.16. The molecule has 1 heterocycles. The Morgan fingerprint density at radius 3 is 2.81 bits per heavy atom. The Morgan fingerprint density at radius 2 is 2.19 bits per heavy atom. The lowest BCUT2D eigenvalue weighted by Crippen LogP contribution is -2.38. The molecule has 0 amide bonds. The Bertz CT molecular complexity index is 319. The first-order chi connectivity index (χ1) is 7.74. The molecule has 1 aliphatic rings. The van der Waals surface area contributed by atoms with Crippen LogP contribution in [0.25, 0.3) is 0 Å². The first kappa shape index (κ1) is 11.9. The Balaban J connectivity index is 1.81. The second-order valence-electron chi connectivity index (χ2n) is 4.46. The lowest BCUT2D eigenvalue weighted by atomic mass is 10.1. The molecule has 2 rings (SSSR count). The standard InChI is InChI=1S/C13H18ClNO/c1-10(15-13-6-7-16-9-13)8-11-2-4-12(14)5-3-11/h2-5,10,13,15H,6-9H2,1H3. The summed E-state index contributed by atoms with van der Waals surface area (Å²) in [6, 6.07) is 9.08. The van der Waals surface area contributed by atoms with Gasteiger partial charge >= 0.3 is 0 Å². The fraction of sp³-hybridized carbons (Fsp3) is 0.538. The quantitative estimate of drug-likeness (QED) is 0.872. The summed E-state index contributed by atoms with van der Waals surface area (Å²) in [6.45, 7) is 3.96. The van der Waals surface area contributed by atoms with E-state index < -0.39 is 0 Å². The predicted molar refractivity (Wildman–Crippen MR) is 67.0 cm³/mol. The Hall–Kier alpha value is -0.570. The van der Waals surface area contributed by atoms with Gasteiger partial charge in [0, 0.05) is 23.7 Å². The van der Waals surface area contributed by atoms with E-state index in [0.29, 0.717) is 12.1 Å². The van der Waals surface area contributed by atoms with Crippen LogP contribution in [0.15, 0.2) is 24.3 Å². The number of halogens is 1. The summed E-state index contributed by atoms with van der Waals surface area (Å²) in [5.74, 6) is 0. The van der Waals surface area contributed by atoms with Crippen molar-refractivity contribution < 1.29 is 4.74 Å². The lowest BCUT2D eigenvalue weighted by molar-refractivity contribution is 0.188. The molecule has 0 spiro atoms. The van der Waals surface area contributed by atoms with Gasteiger partial charge in [0.1, 0.15) is 0 Å². The van der Waals surface area contributed by atoms with Gasteiger partial charge in [-0.15, -0.1) is 0 Å². The van der Waals surface area contributed by atoms with Crippen LogP contribution in [0.1, 0.15) is 18.9 Å². The zero-order valence-corrected chi connectivity index (χ0v) is 10.3. The molecule has 1 N–H and O–H groups in total. The Morgan fingerprint density at radius 1 is 1.44 bits per heavy atom. The van der Waals surface area contributed by atoms with Gasteiger partial charge in [0.15, 0.2) is 0 Å². The van der Waals surface area contributed by atoms with Crippen molar-refractivity contribution in [2.24, 2.45) is 0 Å². The molecule has 1 saturated heterocycles. The number of hydrogen-bond acceptors (Lipinski definition) is 2. The lowest BCUT2D eigenvalue weighted by Gasteiger charge is -2.18. The molecule has 0 aliphatic carbocycles. The van der Waals surface area contributed by atoms with Gasteiger partial charge in [0.25, 0.3) is 0 Å². The summed E-state index contributed by atoms with van der Waals surface area (Å²) in [5.41, 5.74) is 1.32. The summed E-state index contributed by atoms with van der Waals surface area (Å²) >= 11 is 5.85. The highest BCUT2D eigenvalue weighted by Gasteiger charge is 2.17. The van der Waals surface area contributed by atoms with Crippen molar-refractivity contribution in [3.05, 3.63) is 34.9 Å². The van der Waals surface area contributed by atoms with Crippen LogP contribution in [0.2, 0.25) is 5.02 Å². The zero-order chi connectivity index (χ0) is 11.4. The summed E-state index contributed by atoms with van der Waals surface area (Å²) < 4.78 is 5.34. The third kappa shape index (κ3) is 3.48. The Kier molecular flexibility index (Phi) is 4.22. The fourth-order valence-corrected chi connectivity index (χ4v) is 2.23. The van der Waals surface area contributed by atoms with Crippen molar-refractivity contribution in [3.63, 3.8) is 0 Å². The normalized spacial score (nSPS) is 22.2. The molecule has 2 atom stereocenters. The highest BCUT2D eigenvalue weighted by molar-refractivity contribution is 6.30. The van der Waals surface area contributed by atoms with Crippen molar-refractivity contribution in [2.75, 3.05) is 13.2 Å². The van der Waals surface area contributed by atoms with E-state index in [1.54, 1.807) is 0 Å². The van der Waals surface area contributed by atoms with Crippen molar-refractivity contribution in [1.82, 2.24) is 5.32 Å². The summed E-state index contributed by atoms with van der Waals surface area (Å²) in [4.78, 5) is 0. The van der Waals surface area contributed by atoms with E-state index in [1.807, 2.05) is 12.1 Å². The van der Waals surface area contributed by atoms with Crippen molar-refractivity contribution in [2.45, 2.75) is 31.8 Å².